The SMILES string of the molecule is Cc1cc(C2CCCCC2)c(O)cc1CCC(C)O. The molecule has 0 radical (unpaired) electrons. The minimum absolute atomic E-state index is 0.278. The number of benzene rings is 1. The normalized spacial score (nSPS) is 18.5. The smallest absolute Gasteiger partial charge is 0.119 e. The van der Waals surface area contributed by atoms with Crippen LogP contribution in [0.3, 0.4) is 0 Å². The van der Waals surface area contributed by atoms with E-state index in [0.29, 0.717) is 11.7 Å². The van der Waals surface area contributed by atoms with E-state index in [1.54, 1.807) is 0 Å². The molecule has 0 amide bonds. The van der Waals surface area contributed by atoms with Gasteiger partial charge in [0.15, 0.2) is 0 Å². The van der Waals surface area contributed by atoms with Crippen LogP contribution >= 0.6 is 0 Å². The number of phenols is 1. The second-order valence-electron chi connectivity index (χ2n) is 6.06. The molecule has 0 aliphatic heterocycles. The van der Waals surface area contributed by atoms with Gasteiger partial charge in [0.1, 0.15) is 5.75 Å². The number of aliphatic hydroxyl groups is 1. The van der Waals surface area contributed by atoms with Crippen LogP contribution in [0, 0.1) is 6.92 Å². The Morgan fingerprint density at radius 2 is 1.89 bits per heavy atom. The fraction of sp³-hybridized carbons (Fsp3) is 0.647. The fourth-order valence-corrected chi connectivity index (χ4v) is 3.14. The van der Waals surface area contributed by atoms with Gasteiger partial charge in [-0.2, -0.15) is 0 Å². The Kier molecular flexibility index (Phi) is 4.87. The first kappa shape index (κ1) is 14.4. The zero-order valence-electron chi connectivity index (χ0n) is 12.2. The molecule has 1 aromatic rings. The van der Waals surface area contributed by atoms with Crippen LogP contribution in [0.2, 0.25) is 0 Å². The second-order valence-corrected chi connectivity index (χ2v) is 6.06. The summed E-state index contributed by atoms with van der Waals surface area (Å²) in [5.74, 6) is 0.997. The van der Waals surface area contributed by atoms with Crippen LogP contribution < -0.4 is 0 Å². The molecule has 19 heavy (non-hydrogen) atoms. The lowest BCUT2D eigenvalue weighted by Crippen LogP contribution is -2.07. The van der Waals surface area contributed by atoms with E-state index in [0.717, 1.165) is 24.0 Å². The highest BCUT2D eigenvalue weighted by Gasteiger charge is 2.19. The first-order chi connectivity index (χ1) is 9.08. The van der Waals surface area contributed by atoms with E-state index in [1.807, 2.05) is 13.0 Å². The van der Waals surface area contributed by atoms with E-state index >= 15 is 0 Å². The predicted octanol–water partition coefficient (Wildman–Crippen LogP) is 4.06. The molecule has 0 spiro atoms. The molecule has 0 heterocycles. The highest BCUT2D eigenvalue weighted by atomic mass is 16.3. The Hall–Kier alpha value is -1.02. The van der Waals surface area contributed by atoms with Crippen molar-refractivity contribution in [3.63, 3.8) is 0 Å². The van der Waals surface area contributed by atoms with Gasteiger partial charge in [0, 0.05) is 0 Å². The van der Waals surface area contributed by atoms with Gasteiger partial charge < -0.3 is 10.2 Å². The lowest BCUT2D eigenvalue weighted by atomic mass is 9.82. The molecule has 106 valence electrons. The third-order valence-electron chi connectivity index (χ3n) is 4.36. The van der Waals surface area contributed by atoms with Crippen molar-refractivity contribution >= 4 is 0 Å². The van der Waals surface area contributed by atoms with E-state index in [9.17, 15) is 10.2 Å². The average Bonchev–Trinajstić information content (AvgIpc) is 2.40. The molecule has 1 aliphatic carbocycles. The summed E-state index contributed by atoms with van der Waals surface area (Å²) >= 11 is 0. The summed E-state index contributed by atoms with van der Waals surface area (Å²) < 4.78 is 0. The third kappa shape index (κ3) is 3.73. The number of aryl methyl sites for hydroxylation is 2. The van der Waals surface area contributed by atoms with E-state index < -0.39 is 0 Å². The molecule has 1 atom stereocenters. The molecule has 0 aromatic heterocycles. The highest BCUT2D eigenvalue weighted by Crippen LogP contribution is 2.38. The van der Waals surface area contributed by atoms with Crippen molar-refractivity contribution in [1.82, 2.24) is 0 Å². The standard InChI is InChI=1S/C17H26O2/c1-12-10-16(14-6-4-3-5-7-14)17(19)11-15(12)9-8-13(2)18/h10-11,13-14,18-19H,3-9H2,1-2H3. The van der Waals surface area contributed by atoms with Crippen molar-refractivity contribution < 1.29 is 10.2 Å². The Morgan fingerprint density at radius 3 is 2.53 bits per heavy atom. The Balaban J connectivity index is 2.15. The Morgan fingerprint density at radius 1 is 1.21 bits per heavy atom. The van der Waals surface area contributed by atoms with Crippen LogP contribution in [-0.4, -0.2) is 16.3 Å². The van der Waals surface area contributed by atoms with Gasteiger partial charge in [-0.1, -0.05) is 25.3 Å². The van der Waals surface area contributed by atoms with E-state index in [4.69, 9.17) is 0 Å². The van der Waals surface area contributed by atoms with Crippen LogP contribution in [0.25, 0.3) is 0 Å². The molecular formula is C17H26O2. The summed E-state index contributed by atoms with van der Waals surface area (Å²) in [6.45, 7) is 3.93. The molecule has 0 bridgehead atoms. The lowest BCUT2D eigenvalue weighted by Gasteiger charge is -2.24. The molecule has 1 fully saturated rings. The molecule has 2 nitrogen and oxygen atoms in total. The lowest BCUT2D eigenvalue weighted by molar-refractivity contribution is 0.185. The molecular weight excluding hydrogens is 236 g/mol. The van der Waals surface area contributed by atoms with Crippen molar-refractivity contribution in [2.75, 3.05) is 0 Å². The van der Waals surface area contributed by atoms with Gasteiger partial charge in [-0.25, -0.2) is 0 Å². The first-order valence-corrected chi connectivity index (χ1v) is 7.58. The van der Waals surface area contributed by atoms with Crippen LogP contribution in [0.15, 0.2) is 12.1 Å². The van der Waals surface area contributed by atoms with Gasteiger partial charge in [-0.15, -0.1) is 0 Å². The predicted molar refractivity (Wildman–Crippen MR) is 78.7 cm³/mol. The number of hydrogen-bond donors (Lipinski definition) is 2. The summed E-state index contributed by atoms with van der Waals surface area (Å²) in [6.07, 6.45) is 7.63. The number of aromatic hydroxyl groups is 1. The largest absolute Gasteiger partial charge is 0.508 e. The highest BCUT2D eigenvalue weighted by molar-refractivity contribution is 5.43. The zero-order chi connectivity index (χ0) is 13.8. The number of rotatable bonds is 4. The molecule has 1 aromatic carbocycles. The number of hydrogen-bond acceptors (Lipinski definition) is 2. The molecule has 1 saturated carbocycles. The first-order valence-electron chi connectivity index (χ1n) is 7.58. The van der Waals surface area contributed by atoms with Crippen LogP contribution in [0.4, 0.5) is 0 Å². The average molecular weight is 262 g/mol. The van der Waals surface area contributed by atoms with E-state index in [-0.39, 0.29) is 6.10 Å². The minimum atomic E-state index is -0.278. The maximum atomic E-state index is 10.3. The van der Waals surface area contributed by atoms with Gasteiger partial charge in [0.05, 0.1) is 6.10 Å². The molecule has 2 rings (SSSR count). The van der Waals surface area contributed by atoms with Gasteiger partial charge >= 0.3 is 0 Å². The quantitative estimate of drug-likeness (QED) is 0.859. The minimum Gasteiger partial charge on any atom is -0.508 e. The topological polar surface area (TPSA) is 40.5 Å². The van der Waals surface area contributed by atoms with Gasteiger partial charge in [-0.3, -0.25) is 0 Å². The molecule has 1 aliphatic rings. The Labute approximate surface area is 116 Å². The molecule has 0 saturated heterocycles. The molecule has 1 unspecified atom stereocenters. The maximum Gasteiger partial charge on any atom is 0.119 e. The summed E-state index contributed by atoms with van der Waals surface area (Å²) in [7, 11) is 0. The Bertz CT molecular complexity index is 418. The third-order valence-corrected chi connectivity index (χ3v) is 4.36. The fourth-order valence-electron chi connectivity index (χ4n) is 3.14. The summed E-state index contributed by atoms with van der Waals surface area (Å²) in [5, 5.41) is 19.6. The van der Waals surface area contributed by atoms with Crippen molar-refractivity contribution in [3.05, 3.63) is 28.8 Å². The van der Waals surface area contributed by atoms with E-state index in [1.165, 1.54) is 37.7 Å². The van der Waals surface area contributed by atoms with Crippen molar-refractivity contribution in [1.29, 1.82) is 0 Å². The van der Waals surface area contributed by atoms with Crippen molar-refractivity contribution in [2.24, 2.45) is 0 Å². The van der Waals surface area contributed by atoms with E-state index in [2.05, 4.69) is 13.0 Å². The van der Waals surface area contributed by atoms with Crippen LogP contribution in [-0.2, 0) is 6.42 Å². The van der Waals surface area contributed by atoms with Crippen molar-refractivity contribution in [3.8, 4) is 5.75 Å². The summed E-state index contributed by atoms with van der Waals surface area (Å²) in [6, 6.07) is 4.09. The zero-order valence-corrected chi connectivity index (χ0v) is 12.2. The second kappa shape index (κ2) is 6.42. The number of phenolic OH excluding ortho intramolecular Hbond substituents is 1. The number of aliphatic hydroxyl groups excluding tert-OH is 1. The molecule has 2 N–H and O–H groups in total. The van der Waals surface area contributed by atoms with Crippen LogP contribution in [0.5, 0.6) is 5.75 Å². The summed E-state index contributed by atoms with van der Waals surface area (Å²) in [4.78, 5) is 0. The maximum absolute atomic E-state index is 10.3. The monoisotopic (exact) mass is 262 g/mol. The molecule has 2 heteroatoms. The van der Waals surface area contributed by atoms with Gasteiger partial charge in [0.2, 0.25) is 0 Å². The summed E-state index contributed by atoms with van der Waals surface area (Å²) in [5.41, 5.74) is 3.55. The van der Waals surface area contributed by atoms with Gasteiger partial charge in [0.25, 0.3) is 0 Å². The van der Waals surface area contributed by atoms with Crippen LogP contribution in [0.1, 0.15) is 68.1 Å². The van der Waals surface area contributed by atoms with Gasteiger partial charge in [-0.05, 0) is 68.2 Å². The van der Waals surface area contributed by atoms with Crippen molar-refractivity contribution in [2.45, 2.75) is 70.8 Å².